The average Bonchev–Trinajstić information content (AvgIpc) is 2.88. The number of sulfonamides is 1. The van der Waals surface area contributed by atoms with E-state index in [1.165, 1.54) is 10.4 Å². The van der Waals surface area contributed by atoms with Gasteiger partial charge in [-0.1, -0.05) is 50.6 Å². The van der Waals surface area contributed by atoms with E-state index < -0.39 is 49.9 Å². The summed E-state index contributed by atoms with van der Waals surface area (Å²) in [5.74, 6) is -1.09. The molecule has 0 saturated carbocycles. The van der Waals surface area contributed by atoms with Crippen LogP contribution in [0.4, 0.5) is 13.2 Å². The molecular weight excluding hydrogens is 527 g/mol. The Kier molecular flexibility index (Phi) is 8.78. The van der Waals surface area contributed by atoms with Gasteiger partial charge in [-0.25, -0.2) is 8.42 Å². The summed E-state index contributed by atoms with van der Waals surface area (Å²) in [4.78, 5) is 13.0. The summed E-state index contributed by atoms with van der Waals surface area (Å²) in [5.41, 5.74) is 6.49. The Morgan fingerprint density at radius 3 is 2.56 bits per heavy atom. The maximum absolute atomic E-state index is 13.9. The highest BCUT2D eigenvalue weighted by Crippen LogP contribution is 2.47. The summed E-state index contributed by atoms with van der Waals surface area (Å²) in [6, 6.07) is 11.0. The Labute approximate surface area is 229 Å². The Morgan fingerprint density at radius 1 is 1.13 bits per heavy atom. The number of aryl methyl sites for hydroxylation is 1. The Bertz CT molecular complexity index is 1280. The number of amides is 1. The third-order valence-electron chi connectivity index (χ3n) is 8.17. The predicted octanol–water partition coefficient (Wildman–Crippen LogP) is 4.87. The van der Waals surface area contributed by atoms with Crippen molar-refractivity contribution in [1.29, 1.82) is 0 Å². The lowest BCUT2D eigenvalue weighted by molar-refractivity contribution is -0.137. The molecule has 1 fully saturated rings. The van der Waals surface area contributed by atoms with Crippen LogP contribution in [0.1, 0.15) is 62.6 Å². The number of rotatable bonds is 9. The summed E-state index contributed by atoms with van der Waals surface area (Å²) < 4.78 is 69.4. The SMILES string of the molecule is CC(C)CNCC1(C(C(N)=O)[C@@H]2CCCCN2S(=O)(=O)c2cccc(C(F)(F)F)c2)CCCc2ccccc21. The van der Waals surface area contributed by atoms with E-state index >= 15 is 0 Å². The monoisotopic (exact) mass is 565 g/mol. The van der Waals surface area contributed by atoms with Crippen molar-refractivity contribution in [3.8, 4) is 0 Å². The largest absolute Gasteiger partial charge is 0.416 e. The van der Waals surface area contributed by atoms with Crippen LogP contribution in [0.25, 0.3) is 0 Å². The minimum atomic E-state index is -4.68. The number of halogens is 3. The van der Waals surface area contributed by atoms with Gasteiger partial charge >= 0.3 is 6.18 Å². The maximum Gasteiger partial charge on any atom is 0.416 e. The molecule has 1 amide bonds. The Hall–Kier alpha value is -2.43. The van der Waals surface area contributed by atoms with E-state index in [1.54, 1.807) is 0 Å². The number of carbonyl (C=O) groups excluding carboxylic acids is 1. The van der Waals surface area contributed by atoms with E-state index in [9.17, 15) is 26.4 Å². The molecule has 2 unspecified atom stereocenters. The second-order valence-corrected chi connectivity index (χ2v) is 13.2. The smallest absolute Gasteiger partial charge is 0.369 e. The fourth-order valence-electron chi connectivity index (χ4n) is 6.51. The fourth-order valence-corrected chi connectivity index (χ4v) is 8.26. The van der Waals surface area contributed by atoms with Gasteiger partial charge in [0.25, 0.3) is 0 Å². The van der Waals surface area contributed by atoms with Gasteiger partial charge in [-0.05, 0) is 73.9 Å². The molecule has 6 nitrogen and oxygen atoms in total. The molecule has 1 aliphatic carbocycles. The molecule has 2 aliphatic rings. The molecule has 0 aromatic heterocycles. The summed E-state index contributed by atoms with van der Waals surface area (Å²) in [7, 11) is -4.34. The molecule has 2 aromatic rings. The molecule has 39 heavy (non-hydrogen) atoms. The highest BCUT2D eigenvalue weighted by Gasteiger charge is 2.53. The lowest BCUT2D eigenvalue weighted by Crippen LogP contribution is -2.61. The van der Waals surface area contributed by atoms with Crippen LogP contribution in [-0.2, 0) is 32.8 Å². The van der Waals surface area contributed by atoms with Crippen LogP contribution >= 0.6 is 0 Å². The molecule has 3 N–H and O–H groups in total. The molecule has 2 aromatic carbocycles. The molecule has 214 valence electrons. The van der Waals surface area contributed by atoms with Gasteiger partial charge in [0.1, 0.15) is 0 Å². The van der Waals surface area contributed by atoms with Crippen molar-refractivity contribution in [2.24, 2.45) is 17.6 Å². The van der Waals surface area contributed by atoms with Crippen LogP contribution in [0.5, 0.6) is 0 Å². The average molecular weight is 566 g/mol. The zero-order chi connectivity index (χ0) is 28.4. The van der Waals surface area contributed by atoms with E-state index in [1.807, 2.05) is 24.3 Å². The van der Waals surface area contributed by atoms with Crippen LogP contribution < -0.4 is 11.1 Å². The van der Waals surface area contributed by atoms with Crippen LogP contribution in [0.2, 0.25) is 0 Å². The van der Waals surface area contributed by atoms with Crippen LogP contribution in [0, 0.1) is 11.8 Å². The van der Waals surface area contributed by atoms with Gasteiger partial charge in [0.05, 0.1) is 16.4 Å². The number of nitrogens with two attached hydrogens (primary N) is 1. The number of carbonyl (C=O) groups is 1. The second-order valence-electron chi connectivity index (χ2n) is 11.3. The Morgan fingerprint density at radius 2 is 1.87 bits per heavy atom. The van der Waals surface area contributed by atoms with Gasteiger partial charge in [0.15, 0.2) is 0 Å². The van der Waals surface area contributed by atoms with E-state index in [4.69, 9.17) is 5.73 Å². The van der Waals surface area contributed by atoms with Gasteiger partial charge in [-0.3, -0.25) is 4.79 Å². The molecule has 4 rings (SSSR count). The van der Waals surface area contributed by atoms with E-state index in [0.717, 1.165) is 36.1 Å². The quantitative estimate of drug-likeness (QED) is 0.454. The van der Waals surface area contributed by atoms with Gasteiger partial charge in [0, 0.05) is 24.5 Å². The van der Waals surface area contributed by atoms with Gasteiger partial charge in [0.2, 0.25) is 15.9 Å². The van der Waals surface area contributed by atoms with Crippen molar-refractivity contribution in [2.75, 3.05) is 19.6 Å². The third kappa shape index (κ3) is 6.02. The number of alkyl halides is 3. The molecular formula is C29H38F3N3O3S. The number of piperidine rings is 1. The van der Waals surface area contributed by atoms with Crippen LogP contribution in [0.15, 0.2) is 53.4 Å². The molecule has 1 aliphatic heterocycles. The van der Waals surface area contributed by atoms with Crippen molar-refractivity contribution >= 4 is 15.9 Å². The molecule has 10 heteroatoms. The molecule has 0 radical (unpaired) electrons. The van der Waals surface area contributed by atoms with E-state index in [2.05, 4.69) is 19.2 Å². The summed E-state index contributed by atoms with van der Waals surface area (Å²) in [6.45, 7) is 5.45. The van der Waals surface area contributed by atoms with Crippen molar-refractivity contribution in [3.05, 3.63) is 65.2 Å². The van der Waals surface area contributed by atoms with Crippen LogP contribution in [-0.4, -0.2) is 44.3 Å². The molecule has 0 bridgehead atoms. The number of nitrogens with one attached hydrogen (secondary N) is 1. The first-order chi connectivity index (χ1) is 18.4. The van der Waals surface area contributed by atoms with Crippen molar-refractivity contribution in [2.45, 2.75) is 74.9 Å². The predicted molar refractivity (Wildman–Crippen MR) is 144 cm³/mol. The minimum absolute atomic E-state index is 0.115. The van der Waals surface area contributed by atoms with E-state index in [0.29, 0.717) is 50.8 Å². The lowest BCUT2D eigenvalue weighted by atomic mass is 9.59. The summed E-state index contributed by atoms with van der Waals surface area (Å²) >= 11 is 0. The summed E-state index contributed by atoms with van der Waals surface area (Å²) in [6.07, 6.45) is -0.714. The standard InChI is InChI=1S/C29H38F3N3O3S/c1-20(2)18-34-19-28(15-8-10-21-9-3-4-13-24(21)28)26(27(33)36)25-14-5-6-16-35(25)39(37,38)23-12-7-11-22(17-23)29(30,31)32/h3-4,7,9,11-13,17,20,25-26,34H,5-6,8,10,14-16,18-19H2,1-2H3,(H2,33,36)/t25-,26?,28?/m0/s1. The van der Waals surface area contributed by atoms with Crippen molar-refractivity contribution < 1.29 is 26.4 Å². The van der Waals surface area contributed by atoms with Gasteiger partial charge in [-0.2, -0.15) is 17.5 Å². The normalized spacial score (nSPS) is 23.4. The van der Waals surface area contributed by atoms with E-state index in [-0.39, 0.29) is 6.54 Å². The van der Waals surface area contributed by atoms with Crippen molar-refractivity contribution in [3.63, 3.8) is 0 Å². The summed E-state index contributed by atoms with van der Waals surface area (Å²) in [5, 5.41) is 3.52. The maximum atomic E-state index is 13.9. The second kappa shape index (κ2) is 11.6. The minimum Gasteiger partial charge on any atom is -0.369 e. The van der Waals surface area contributed by atoms with Gasteiger partial charge < -0.3 is 11.1 Å². The zero-order valence-corrected chi connectivity index (χ0v) is 23.3. The number of nitrogens with zero attached hydrogens (tertiary/aromatic N) is 1. The number of hydrogen-bond donors (Lipinski definition) is 2. The first-order valence-electron chi connectivity index (χ1n) is 13.7. The molecule has 3 atom stereocenters. The lowest BCUT2D eigenvalue weighted by Gasteiger charge is -2.50. The van der Waals surface area contributed by atoms with Gasteiger partial charge in [-0.15, -0.1) is 0 Å². The third-order valence-corrected chi connectivity index (χ3v) is 10.1. The topological polar surface area (TPSA) is 92.5 Å². The first kappa shape index (κ1) is 29.6. The van der Waals surface area contributed by atoms with Crippen molar-refractivity contribution in [1.82, 2.24) is 9.62 Å². The fraction of sp³-hybridized carbons (Fsp3) is 0.552. The number of fused-ring (bicyclic) bond motifs is 1. The van der Waals surface area contributed by atoms with Crippen LogP contribution in [0.3, 0.4) is 0 Å². The number of benzene rings is 2. The number of primary amides is 1. The zero-order valence-electron chi connectivity index (χ0n) is 22.5. The highest BCUT2D eigenvalue weighted by molar-refractivity contribution is 7.89. The Balaban J connectivity index is 1.82. The molecule has 1 heterocycles. The molecule has 0 spiro atoms. The molecule has 1 saturated heterocycles. The number of hydrogen-bond acceptors (Lipinski definition) is 4. The first-order valence-corrected chi connectivity index (χ1v) is 15.1. The highest BCUT2D eigenvalue weighted by atomic mass is 32.2.